The summed E-state index contributed by atoms with van der Waals surface area (Å²) in [5, 5.41) is 16.8. The minimum atomic E-state index is -4.45. The fraction of sp³-hybridized carbons (Fsp3) is 0.368. The van der Waals surface area contributed by atoms with Gasteiger partial charge in [-0.1, -0.05) is 0 Å². The van der Waals surface area contributed by atoms with Crippen LogP contribution in [0.1, 0.15) is 28.8 Å². The number of alkyl halides is 3. The molecule has 0 radical (unpaired) electrons. The van der Waals surface area contributed by atoms with Gasteiger partial charge in [0.05, 0.1) is 10.5 Å². The normalized spacial score (nSPS) is 13.9. The maximum absolute atomic E-state index is 12.5. The lowest BCUT2D eigenvalue weighted by Gasteiger charge is -2.17. The monoisotopic (exact) mass is 423 g/mol. The van der Waals surface area contributed by atoms with E-state index in [9.17, 15) is 28.1 Å². The Labute approximate surface area is 170 Å². The highest BCUT2D eigenvalue weighted by Crippen LogP contribution is 2.31. The van der Waals surface area contributed by atoms with Crippen molar-refractivity contribution >= 4 is 23.1 Å². The van der Waals surface area contributed by atoms with Gasteiger partial charge in [0.1, 0.15) is 11.5 Å². The number of carbonyl (C=O) groups excluding carboxylic acids is 1. The van der Waals surface area contributed by atoms with Gasteiger partial charge in [-0.3, -0.25) is 14.9 Å². The summed E-state index contributed by atoms with van der Waals surface area (Å²) >= 11 is 0. The summed E-state index contributed by atoms with van der Waals surface area (Å²) in [4.78, 5) is 28.8. The zero-order valence-electron chi connectivity index (χ0n) is 15.9. The number of pyridine rings is 1. The maximum Gasteiger partial charge on any atom is 0.417 e. The second-order valence-electron chi connectivity index (χ2n) is 6.77. The van der Waals surface area contributed by atoms with Crippen LogP contribution in [0.2, 0.25) is 0 Å². The first-order chi connectivity index (χ1) is 14.3. The van der Waals surface area contributed by atoms with Crippen LogP contribution >= 0.6 is 0 Å². The van der Waals surface area contributed by atoms with Crippen molar-refractivity contribution in [2.24, 2.45) is 0 Å². The van der Waals surface area contributed by atoms with E-state index in [-0.39, 0.29) is 30.2 Å². The Morgan fingerprint density at radius 3 is 2.50 bits per heavy atom. The fourth-order valence-corrected chi connectivity index (χ4v) is 3.17. The van der Waals surface area contributed by atoms with E-state index in [0.29, 0.717) is 5.69 Å². The van der Waals surface area contributed by atoms with Crippen molar-refractivity contribution in [3.63, 3.8) is 0 Å². The second-order valence-corrected chi connectivity index (χ2v) is 6.77. The van der Waals surface area contributed by atoms with Gasteiger partial charge in [0, 0.05) is 44.0 Å². The highest BCUT2D eigenvalue weighted by Gasteiger charge is 2.30. The number of amides is 1. The summed E-state index contributed by atoms with van der Waals surface area (Å²) < 4.78 is 37.5. The number of hydrogen-bond donors (Lipinski definition) is 2. The van der Waals surface area contributed by atoms with E-state index in [1.165, 1.54) is 12.1 Å². The van der Waals surface area contributed by atoms with Crippen molar-refractivity contribution in [3.05, 3.63) is 57.8 Å². The number of benzene rings is 1. The molecule has 0 atom stereocenters. The van der Waals surface area contributed by atoms with Gasteiger partial charge in [-0.05, 0) is 37.1 Å². The Bertz CT molecular complexity index is 913. The molecular weight excluding hydrogens is 403 g/mol. The molecule has 11 heteroatoms. The standard InChI is InChI=1S/C19H20F3N5O3/c20-19(21,22)14-4-6-17(25-12-14)23-7-8-24-18(28)13-3-5-15(16(11-13)27(29)30)26-9-1-2-10-26/h3-6,11-12H,1-2,7-10H2,(H,23,25)(H,24,28). The van der Waals surface area contributed by atoms with Gasteiger partial charge in [0.15, 0.2) is 0 Å². The quantitative estimate of drug-likeness (QED) is 0.402. The molecule has 0 bridgehead atoms. The lowest BCUT2D eigenvalue weighted by molar-refractivity contribution is -0.384. The number of nitro benzene ring substituents is 1. The van der Waals surface area contributed by atoms with Crippen LogP contribution in [-0.2, 0) is 6.18 Å². The molecule has 3 rings (SSSR count). The van der Waals surface area contributed by atoms with Crippen molar-refractivity contribution in [2.75, 3.05) is 36.4 Å². The lowest BCUT2D eigenvalue weighted by Crippen LogP contribution is -2.29. The minimum absolute atomic E-state index is 0.114. The molecule has 0 saturated carbocycles. The van der Waals surface area contributed by atoms with Gasteiger partial charge in [-0.25, -0.2) is 4.98 Å². The zero-order chi connectivity index (χ0) is 21.7. The Hall–Kier alpha value is -3.37. The average molecular weight is 423 g/mol. The number of hydrogen-bond acceptors (Lipinski definition) is 6. The first kappa shape index (κ1) is 21.3. The molecule has 30 heavy (non-hydrogen) atoms. The highest BCUT2D eigenvalue weighted by atomic mass is 19.4. The molecule has 8 nitrogen and oxygen atoms in total. The SMILES string of the molecule is O=C(NCCNc1ccc(C(F)(F)F)cn1)c1ccc(N2CCCC2)c([N+](=O)[O-])c1. The van der Waals surface area contributed by atoms with Crippen molar-refractivity contribution in [1.82, 2.24) is 10.3 Å². The van der Waals surface area contributed by atoms with E-state index in [0.717, 1.165) is 38.2 Å². The lowest BCUT2D eigenvalue weighted by atomic mass is 10.1. The van der Waals surface area contributed by atoms with Crippen molar-refractivity contribution in [2.45, 2.75) is 19.0 Å². The van der Waals surface area contributed by atoms with Crippen LogP contribution in [0.15, 0.2) is 36.5 Å². The van der Waals surface area contributed by atoms with Crippen LogP contribution in [0, 0.1) is 10.1 Å². The summed E-state index contributed by atoms with van der Waals surface area (Å²) in [6.45, 7) is 1.87. The molecule has 0 aliphatic carbocycles. The van der Waals surface area contributed by atoms with Crippen molar-refractivity contribution in [1.29, 1.82) is 0 Å². The smallest absolute Gasteiger partial charge is 0.368 e. The third-order valence-corrected chi connectivity index (χ3v) is 4.69. The van der Waals surface area contributed by atoms with Crippen LogP contribution in [0.25, 0.3) is 0 Å². The molecule has 0 spiro atoms. The molecule has 1 aliphatic heterocycles. The predicted octanol–water partition coefficient (Wildman–Crippen LogP) is 3.45. The Kier molecular flexibility index (Phi) is 6.38. The summed E-state index contributed by atoms with van der Waals surface area (Å²) in [5.74, 6) is -0.240. The largest absolute Gasteiger partial charge is 0.417 e. The van der Waals surface area contributed by atoms with Crippen molar-refractivity contribution in [3.8, 4) is 0 Å². The number of halogens is 3. The van der Waals surface area contributed by atoms with Crippen LogP contribution in [0.3, 0.4) is 0 Å². The average Bonchev–Trinajstić information content (AvgIpc) is 3.25. The Morgan fingerprint density at radius 1 is 1.17 bits per heavy atom. The number of nitro groups is 1. The zero-order valence-corrected chi connectivity index (χ0v) is 15.9. The van der Waals surface area contributed by atoms with Crippen molar-refractivity contribution < 1.29 is 22.9 Å². The van der Waals surface area contributed by atoms with Gasteiger partial charge in [0.25, 0.3) is 11.6 Å². The number of rotatable bonds is 7. The van der Waals surface area contributed by atoms with Gasteiger partial charge >= 0.3 is 6.18 Å². The summed E-state index contributed by atoms with van der Waals surface area (Å²) in [6.07, 6.45) is -1.78. The van der Waals surface area contributed by atoms with E-state index in [2.05, 4.69) is 15.6 Å². The third kappa shape index (κ3) is 5.16. The molecule has 2 heterocycles. The molecular formula is C19H20F3N5O3. The first-order valence-corrected chi connectivity index (χ1v) is 9.34. The molecule has 0 unspecified atom stereocenters. The van der Waals surface area contributed by atoms with Gasteiger partial charge < -0.3 is 15.5 Å². The van der Waals surface area contributed by atoms with E-state index in [1.54, 1.807) is 12.1 Å². The van der Waals surface area contributed by atoms with Crippen LogP contribution in [0.4, 0.5) is 30.4 Å². The molecule has 1 aliphatic rings. The molecule has 1 aromatic heterocycles. The second kappa shape index (κ2) is 8.97. The number of carbonyl (C=O) groups is 1. The molecule has 160 valence electrons. The Morgan fingerprint density at radius 2 is 1.90 bits per heavy atom. The van der Waals surface area contributed by atoms with E-state index < -0.39 is 22.6 Å². The van der Waals surface area contributed by atoms with E-state index in [4.69, 9.17) is 0 Å². The maximum atomic E-state index is 12.5. The molecule has 1 aromatic carbocycles. The number of nitrogens with zero attached hydrogens (tertiary/aromatic N) is 3. The summed E-state index contributed by atoms with van der Waals surface area (Å²) in [5.41, 5.74) is -0.293. The number of anilines is 2. The third-order valence-electron chi connectivity index (χ3n) is 4.69. The predicted molar refractivity (Wildman–Crippen MR) is 105 cm³/mol. The topological polar surface area (TPSA) is 100 Å². The minimum Gasteiger partial charge on any atom is -0.368 e. The van der Waals surface area contributed by atoms with Crippen LogP contribution in [-0.4, -0.2) is 42.0 Å². The molecule has 1 amide bonds. The summed E-state index contributed by atoms with van der Waals surface area (Å²) in [6, 6.07) is 6.50. The Balaban J connectivity index is 1.54. The molecule has 2 N–H and O–H groups in total. The van der Waals surface area contributed by atoms with E-state index in [1.807, 2.05) is 4.90 Å². The molecule has 1 saturated heterocycles. The molecule has 1 fully saturated rings. The van der Waals surface area contributed by atoms with E-state index >= 15 is 0 Å². The number of nitrogens with one attached hydrogen (secondary N) is 2. The summed E-state index contributed by atoms with van der Waals surface area (Å²) in [7, 11) is 0. The van der Waals surface area contributed by atoms with Crippen LogP contribution in [0.5, 0.6) is 0 Å². The molecule has 2 aromatic rings. The van der Waals surface area contributed by atoms with Gasteiger partial charge in [-0.15, -0.1) is 0 Å². The highest BCUT2D eigenvalue weighted by molar-refractivity contribution is 5.95. The van der Waals surface area contributed by atoms with Gasteiger partial charge in [0.2, 0.25) is 0 Å². The van der Waals surface area contributed by atoms with Crippen LogP contribution < -0.4 is 15.5 Å². The van der Waals surface area contributed by atoms with Gasteiger partial charge in [-0.2, -0.15) is 13.2 Å². The number of aromatic nitrogens is 1. The first-order valence-electron chi connectivity index (χ1n) is 9.34. The fourth-order valence-electron chi connectivity index (χ4n) is 3.17.